The van der Waals surface area contributed by atoms with E-state index in [1.165, 1.54) is 23.9 Å². The maximum absolute atomic E-state index is 14.6. The summed E-state index contributed by atoms with van der Waals surface area (Å²) in [5.74, 6) is -0.176. The summed E-state index contributed by atoms with van der Waals surface area (Å²) in [4.78, 5) is 19.3. The summed E-state index contributed by atoms with van der Waals surface area (Å²) in [6, 6.07) is 8.86. The van der Waals surface area contributed by atoms with Gasteiger partial charge in [-0.15, -0.1) is 11.8 Å². The zero-order valence-electron chi connectivity index (χ0n) is 27.2. The lowest BCUT2D eigenvalue weighted by Crippen LogP contribution is -2.67. The van der Waals surface area contributed by atoms with Gasteiger partial charge in [-0.2, -0.15) is 18.4 Å². The molecule has 2 aromatic rings. The van der Waals surface area contributed by atoms with Crippen molar-refractivity contribution in [3.63, 3.8) is 0 Å². The van der Waals surface area contributed by atoms with Gasteiger partial charge in [0.1, 0.15) is 11.1 Å². The number of thioether (sulfide) groups is 1. The van der Waals surface area contributed by atoms with E-state index in [9.17, 15) is 33.4 Å². The molecule has 47 heavy (non-hydrogen) atoms. The van der Waals surface area contributed by atoms with Crippen LogP contribution in [0.25, 0.3) is 0 Å². The summed E-state index contributed by atoms with van der Waals surface area (Å²) in [5.41, 5.74) is -1.51. The highest BCUT2D eigenvalue weighted by atomic mass is 32.2. The Balaban J connectivity index is 1.33. The minimum atomic E-state index is -4.58. The highest BCUT2D eigenvalue weighted by Gasteiger charge is 2.74. The molecule has 8 rings (SSSR count). The van der Waals surface area contributed by atoms with Crippen LogP contribution in [-0.4, -0.2) is 38.4 Å². The van der Waals surface area contributed by atoms with Gasteiger partial charge >= 0.3 is 6.18 Å². The van der Waals surface area contributed by atoms with E-state index < -0.39 is 45.5 Å². The summed E-state index contributed by atoms with van der Waals surface area (Å²) >= 11 is 1.40. The molecule has 2 bridgehead atoms. The fourth-order valence-corrected chi connectivity index (χ4v) is 12.2. The van der Waals surface area contributed by atoms with Gasteiger partial charge in [0, 0.05) is 38.8 Å². The van der Waals surface area contributed by atoms with E-state index in [4.69, 9.17) is 0 Å². The van der Waals surface area contributed by atoms with E-state index >= 15 is 0 Å². The van der Waals surface area contributed by atoms with Crippen molar-refractivity contribution in [2.45, 2.75) is 95.5 Å². The molecule has 1 aromatic heterocycles. The Morgan fingerprint density at radius 2 is 1.77 bits per heavy atom. The number of alkyl halides is 3. The lowest BCUT2D eigenvalue weighted by Gasteiger charge is -2.71. The zero-order chi connectivity index (χ0) is 33.8. The quantitative estimate of drug-likeness (QED) is 0.191. The van der Waals surface area contributed by atoms with Gasteiger partial charge in [0.05, 0.1) is 22.8 Å². The van der Waals surface area contributed by atoms with Crippen LogP contribution in [0.2, 0.25) is 0 Å². The predicted molar refractivity (Wildman–Crippen MR) is 173 cm³/mol. The van der Waals surface area contributed by atoms with Gasteiger partial charge in [-0.1, -0.05) is 44.2 Å². The third-order valence-corrected chi connectivity index (χ3v) is 14.5. The third-order valence-electron chi connectivity index (χ3n) is 13.3. The Hall–Kier alpha value is -2.93. The van der Waals surface area contributed by atoms with Crippen molar-refractivity contribution in [3.8, 4) is 6.07 Å². The molecule has 3 saturated carbocycles. The van der Waals surface area contributed by atoms with Gasteiger partial charge in [0.15, 0.2) is 5.78 Å². The average molecular weight is 663 g/mol. The summed E-state index contributed by atoms with van der Waals surface area (Å²) in [5, 5.41) is 34.0. The number of nitriles is 1. The lowest BCUT2D eigenvalue weighted by atomic mass is 9.32. The number of carbonyl (C=O) groups is 1. The first-order valence-electron chi connectivity index (χ1n) is 16.6. The second-order valence-electron chi connectivity index (χ2n) is 15.4. The molecular weight excluding hydrogens is 621 g/mol. The molecule has 6 aliphatic rings. The highest BCUT2D eigenvalue weighted by molar-refractivity contribution is 7.99. The first-order valence-corrected chi connectivity index (χ1v) is 17.6. The number of carbonyl (C=O) groups excluding carboxylic acids is 1. The maximum atomic E-state index is 14.6. The number of halogens is 3. The Kier molecular flexibility index (Phi) is 7.31. The standard InChI is InChI=1S/C38H41F3N2O3S/c1-22-16-23(2)43-32(27(22)20-42)47-21-36(46)13-10-30-34(36,4)12-9-29-33(3)11-8-26(44)18-35(33)14-15-37(29,30)28(19-35)31(45)24-6-5-7-25(17-24)38(39,40)41/h5-7,14-17,19,26,29-30,44,46H,8-13,18,21H2,1-4H3/t26?,29-,30-,33-,34+,35+,36-,37-/m1/s1. The Labute approximate surface area is 278 Å². The average Bonchev–Trinajstić information content (AvgIpc) is 3.29. The minimum absolute atomic E-state index is 0.00984. The molecule has 6 aliphatic carbocycles. The number of pyridine rings is 1. The number of ketones is 1. The number of aliphatic hydroxyl groups is 2. The topological polar surface area (TPSA) is 94.2 Å². The van der Waals surface area contributed by atoms with Crippen molar-refractivity contribution in [2.24, 2.45) is 33.5 Å². The number of fused-ring (bicyclic) bond motifs is 1. The fraction of sp³-hybridized carbons (Fsp3) is 0.553. The summed E-state index contributed by atoms with van der Waals surface area (Å²) in [6.07, 6.45) is 5.81. The third kappa shape index (κ3) is 4.43. The van der Waals surface area contributed by atoms with Crippen LogP contribution in [0.3, 0.4) is 0 Å². The van der Waals surface area contributed by atoms with Crippen LogP contribution in [0.4, 0.5) is 13.2 Å². The largest absolute Gasteiger partial charge is 0.416 e. The van der Waals surface area contributed by atoms with Gasteiger partial charge < -0.3 is 10.2 Å². The number of benzene rings is 1. The number of hydrogen-bond acceptors (Lipinski definition) is 6. The molecule has 8 atom stereocenters. The molecule has 1 aromatic carbocycles. The van der Waals surface area contributed by atoms with Crippen LogP contribution in [0.1, 0.15) is 91.5 Å². The van der Waals surface area contributed by atoms with Crippen molar-refractivity contribution in [3.05, 3.63) is 82.1 Å². The van der Waals surface area contributed by atoms with E-state index in [1.807, 2.05) is 26.0 Å². The second-order valence-corrected chi connectivity index (χ2v) is 16.3. The van der Waals surface area contributed by atoms with Gasteiger partial charge in [0.2, 0.25) is 0 Å². The van der Waals surface area contributed by atoms with Crippen molar-refractivity contribution in [1.82, 2.24) is 4.98 Å². The first kappa shape index (κ1) is 32.6. The van der Waals surface area contributed by atoms with Crippen LogP contribution < -0.4 is 0 Å². The van der Waals surface area contributed by atoms with Crippen molar-refractivity contribution >= 4 is 17.5 Å². The van der Waals surface area contributed by atoms with Gasteiger partial charge in [-0.25, -0.2) is 4.98 Å². The molecule has 5 nitrogen and oxygen atoms in total. The monoisotopic (exact) mass is 662 g/mol. The van der Waals surface area contributed by atoms with Crippen LogP contribution in [-0.2, 0) is 6.18 Å². The number of Topliss-reactive ketones (excluding diaryl/α,β-unsaturated/α-hetero) is 1. The van der Waals surface area contributed by atoms with E-state index in [0.717, 1.165) is 42.7 Å². The molecule has 3 fully saturated rings. The molecule has 1 unspecified atom stereocenters. The van der Waals surface area contributed by atoms with Crippen molar-refractivity contribution < 1.29 is 28.2 Å². The van der Waals surface area contributed by atoms with Crippen molar-refractivity contribution in [2.75, 3.05) is 5.75 Å². The van der Waals surface area contributed by atoms with E-state index in [1.54, 1.807) is 0 Å². The van der Waals surface area contributed by atoms with E-state index in [0.29, 0.717) is 47.6 Å². The molecule has 248 valence electrons. The van der Waals surface area contributed by atoms with Crippen LogP contribution in [0, 0.1) is 58.7 Å². The molecule has 9 heteroatoms. The van der Waals surface area contributed by atoms with Crippen LogP contribution in [0.5, 0.6) is 0 Å². The molecule has 0 aliphatic heterocycles. The molecule has 1 heterocycles. The Morgan fingerprint density at radius 1 is 1.06 bits per heavy atom. The molecule has 0 saturated heterocycles. The fourth-order valence-electron chi connectivity index (χ4n) is 10.8. The summed E-state index contributed by atoms with van der Waals surface area (Å²) < 4.78 is 41.4. The number of nitrogens with zero attached hydrogens (tertiary/aromatic N) is 2. The minimum Gasteiger partial charge on any atom is -0.393 e. The number of rotatable bonds is 5. The predicted octanol–water partition coefficient (Wildman–Crippen LogP) is 8.16. The van der Waals surface area contributed by atoms with Crippen molar-refractivity contribution in [1.29, 1.82) is 5.26 Å². The molecule has 2 spiro atoms. The normalized spacial score (nSPS) is 38.6. The van der Waals surface area contributed by atoms with Gasteiger partial charge in [-0.05, 0) is 99.8 Å². The second kappa shape index (κ2) is 10.5. The molecular formula is C38H41F3N2O3S. The smallest absolute Gasteiger partial charge is 0.393 e. The number of hydrogen-bond donors (Lipinski definition) is 2. The van der Waals surface area contributed by atoms with Gasteiger partial charge in [-0.3, -0.25) is 4.79 Å². The number of allylic oxidation sites excluding steroid dienone is 4. The SMILES string of the molecule is Cc1cc(C)c(C#N)c(SC[C@]2(O)CC[C@H]3[C@]45C=C[C@@]6(C=C4C(=O)c4cccc(C(F)(F)F)c4)CC(O)CC[C@]6(C)[C@H]5CC[C@@]32C)n1. The van der Waals surface area contributed by atoms with Crippen LogP contribution >= 0.6 is 11.8 Å². The van der Waals surface area contributed by atoms with Crippen LogP contribution in [0.15, 0.2) is 59.2 Å². The highest BCUT2D eigenvalue weighted by Crippen LogP contribution is 2.78. The Morgan fingerprint density at radius 3 is 2.49 bits per heavy atom. The Bertz CT molecular complexity index is 1780. The summed E-state index contributed by atoms with van der Waals surface area (Å²) in [7, 11) is 0. The van der Waals surface area contributed by atoms with E-state index in [2.05, 4.69) is 37.1 Å². The number of aromatic nitrogens is 1. The first-order chi connectivity index (χ1) is 22.0. The number of aryl methyl sites for hydroxylation is 2. The molecule has 0 amide bonds. The maximum Gasteiger partial charge on any atom is 0.416 e. The molecule has 2 N–H and O–H groups in total. The number of aliphatic hydroxyl groups excluding tert-OH is 1. The summed E-state index contributed by atoms with van der Waals surface area (Å²) in [6.45, 7) is 8.18. The molecule has 0 radical (unpaired) electrons. The lowest BCUT2D eigenvalue weighted by molar-refractivity contribution is -0.166. The van der Waals surface area contributed by atoms with Gasteiger partial charge in [0.25, 0.3) is 0 Å². The zero-order valence-corrected chi connectivity index (χ0v) is 28.1. The van der Waals surface area contributed by atoms with E-state index in [-0.39, 0.29) is 22.8 Å².